The Morgan fingerprint density at radius 2 is 2.14 bits per heavy atom. The van der Waals surface area contributed by atoms with Crippen molar-refractivity contribution in [2.45, 2.75) is 20.3 Å². The van der Waals surface area contributed by atoms with E-state index in [2.05, 4.69) is 15.6 Å². The lowest BCUT2D eigenvalue weighted by Gasteiger charge is -2.06. The molecule has 0 aliphatic rings. The maximum atomic E-state index is 11.8. The number of aromatic carboxylic acids is 1. The summed E-state index contributed by atoms with van der Waals surface area (Å²) in [7, 11) is 0. The summed E-state index contributed by atoms with van der Waals surface area (Å²) in [5.41, 5.74) is 3.51. The van der Waals surface area contributed by atoms with Crippen LogP contribution < -0.4 is 10.6 Å². The zero-order valence-corrected chi connectivity index (χ0v) is 13.2. The van der Waals surface area contributed by atoms with Crippen LogP contribution in [-0.4, -0.2) is 28.6 Å². The van der Waals surface area contributed by atoms with Gasteiger partial charge in [-0.25, -0.2) is 14.6 Å². The SMILES string of the molecule is Cc1sc(NC(=O)NCCc2cscn2)c(C(=O)O)c1C. The minimum atomic E-state index is -1.03. The maximum Gasteiger partial charge on any atom is 0.338 e. The smallest absolute Gasteiger partial charge is 0.338 e. The van der Waals surface area contributed by atoms with Crippen molar-refractivity contribution in [1.82, 2.24) is 10.3 Å². The molecule has 2 rings (SSSR count). The van der Waals surface area contributed by atoms with E-state index in [-0.39, 0.29) is 5.56 Å². The van der Waals surface area contributed by atoms with E-state index in [1.54, 1.807) is 12.4 Å². The standard InChI is InChI=1S/C13H15N3O3S2/c1-7-8(2)21-11(10(7)12(17)18)16-13(19)14-4-3-9-5-20-6-15-9/h5-6H,3-4H2,1-2H3,(H,17,18)(H2,14,16,19). The Morgan fingerprint density at radius 3 is 2.76 bits per heavy atom. The number of thiazole rings is 1. The first-order valence-corrected chi connectivity index (χ1v) is 8.00. The summed E-state index contributed by atoms with van der Waals surface area (Å²) in [4.78, 5) is 28.0. The molecular weight excluding hydrogens is 310 g/mol. The molecule has 112 valence electrons. The third-order valence-electron chi connectivity index (χ3n) is 2.98. The van der Waals surface area contributed by atoms with Crippen LogP contribution in [0.1, 0.15) is 26.5 Å². The second-order valence-corrected chi connectivity index (χ2v) is 6.35. The van der Waals surface area contributed by atoms with Crippen molar-refractivity contribution in [3.8, 4) is 0 Å². The Morgan fingerprint density at radius 1 is 1.38 bits per heavy atom. The molecule has 0 aliphatic carbocycles. The lowest BCUT2D eigenvalue weighted by molar-refractivity contribution is 0.0697. The average molecular weight is 325 g/mol. The number of rotatable bonds is 5. The van der Waals surface area contributed by atoms with Crippen LogP contribution in [0.3, 0.4) is 0 Å². The number of carboxylic acids is 1. The molecule has 3 N–H and O–H groups in total. The van der Waals surface area contributed by atoms with E-state index in [1.807, 2.05) is 12.3 Å². The summed E-state index contributed by atoms with van der Waals surface area (Å²) in [5, 5.41) is 16.8. The molecule has 0 saturated carbocycles. The third-order valence-corrected chi connectivity index (χ3v) is 4.73. The second-order valence-electron chi connectivity index (χ2n) is 4.40. The molecule has 0 radical (unpaired) electrons. The quantitative estimate of drug-likeness (QED) is 0.788. The van der Waals surface area contributed by atoms with Crippen molar-refractivity contribution in [2.75, 3.05) is 11.9 Å². The Kier molecular flexibility index (Phi) is 4.92. The normalized spacial score (nSPS) is 10.4. The number of anilines is 1. The predicted octanol–water partition coefficient (Wildman–Crippen LogP) is 2.88. The number of carbonyl (C=O) groups excluding carboxylic acids is 1. The number of amides is 2. The number of hydrogen-bond acceptors (Lipinski definition) is 5. The Labute approximate surface area is 129 Å². The lowest BCUT2D eigenvalue weighted by atomic mass is 10.1. The van der Waals surface area contributed by atoms with Crippen LogP contribution in [0.2, 0.25) is 0 Å². The number of carboxylic acid groups (broad SMARTS) is 1. The third kappa shape index (κ3) is 3.79. The van der Waals surface area contributed by atoms with Crippen molar-refractivity contribution < 1.29 is 14.7 Å². The van der Waals surface area contributed by atoms with E-state index in [9.17, 15) is 14.7 Å². The highest BCUT2D eigenvalue weighted by molar-refractivity contribution is 7.16. The minimum absolute atomic E-state index is 0.159. The zero-order valence-electron chi connectivity index (χ0n) is 11.6. The van der Waals surface area contributed by atoms with Crippen LogP contribution in [0.5, 0.6) is 0 Å². The van der Waals surface area contributed by atoms with Crippen LogP contribution in [0.4, 0.5) is 9.80 Å². The fourth-order valence-electron chi connectivity index (χ4n) is 1.78. The van der Waals surface area contributed by atoms with Gasteiger partial charge in [0.1, 0.15) is 5.00 Å². The van der Waals surface area contributed by atoms with Gasteiger partial charge in [0.2, 0.25) is 0 Å². The molecule has 0 bridgehead atoms. The van der Waals surface area contributed by atoms with Gasteiger partial charge < -0.3 is 10.4 Å². The number of nitrogens with one attached hydrogen (secondary N) is 2. The highest BCUT2D eigenvalue weighted by Gasteiger charge is 2.20. The van der Waals surface area contributed by atoms with E-state index in [4.69, 9.17) is 0 Å². The van der Waals surface area contributed by atoms with Crippen LogP contribution in [0, 0.1) is 13.8 Å². The van der Waals surface area contributed by atoms with Crippen LogP contribution in [-0.2, 0) is 6.42 Å². The summed E-state index contributed by atoms with van der Waals surface area (Å²) in [6.45, 7) is 4.01. The molecule has 0 fully saturated rings. The Hall–Kier alpha value is -1.93. The highest BCUT2D eigenvalue weighted by Crippen LogP contribution is 2.32. The van der Waals surface area contributed by atoms with Gasteiger partial charge >= 0.3 is 12.0 Å². The molecule has 0 unspecified atom stereocenters. The summed E-state index contributed by atoms with van der Waals surface area (Å²) in [5.74, 6) is -1.03. The first-order chi connectivity index (χ1) is 9.99. The van der Waals surface area contributed by atoms with Crippen molar-refractivity contribution >= 4 is 39.7 Å². The van der Waals surface area contributed by atoms with Gasteiger partial charge in [-0.15, -0.1) is 22.7 Å². The first-order valence-electron chi connectivity index (χ1n) is 6.24. The summed E-state index contributed by atoms with van der Waals surface area (Å²) in [6.07, 6.45) is 0.644. The summed E-state index contributed by atoms with van der Waals surface area (Å²) in [6, 6.07) is -0.408. The van der Waals surface area contributed by atoms with E-state index in [0.29, 0.717) is 23.5 Å². The van der Waals surface area contributed by atoms with Gasteiger partial charge in [0.05, 0.1) is 16.8 Å². The Balaban J connectivity index is 1.93. The number of aryl methyl sites for hydroxylation is 1. The van der Waals surface area contributed by atoms with Crippen molar-refractivity contribution in [3.63, 3.8) is 0 Å². The molecule has 0 aromatic carbocycles. The molecule has 2 aromatic heterocycles. The average Bonchev–Trinajstić information content (AvgIpc) is 2.99. The summed E-state index contributed by atoms with van der Waals surface area (Å²) < 4.78 is 0. The first kappa shape index (κ1) is 15.5. The molecule has 8 heteroatoms. The molecule has 6 nitrogen and oxygen atoms in total. The van der Waals surface area contributed by atoms with Gasteiger partial charge in [0, 0.05) is 23.2 Å². The fraction of sp³-hybridized carbons (Fsp3) is 0.308. The number of urea groups is 1. The number of carbonyl (C=O) groups is 2. The van der Waals surface area contributed by atoms with Gasteiger partial charge in [-0.05, 0) is 19.4 Å². The van der Waals surface area contributed by atoms with E-state index in [0.717, 1.165) is 10.6 Å². The molecule has 0 atom stereocenters. The molecule has 2 amide bonds. The van der Waals surface area contributed by atoms with Crippen LogP contribution in [0.25, 0.3) is 0 Å². The zero-order chi connectivity index (χ0) is 15.4. The van der Waals surface area contributed by atoms with E-state index >= 15 is 0 Å². The van der Waals surface area contributed by atoms with Gasteiger partial charge in [-0.3, -0.25) is 5.32 Å². The number of thiophene rings is 1. The van der Waals surface area contributed by atoms with Crippen molar-refractivity contribution in [3.05, 3.63) is 32.6 Å². The molecule has 0 saturated heterocycles. The second kappa shape index (κ2) is 6.68. The van der Waals surface area contributed by atoms with Gasteiger partial charge in [0.15, 0.2) is 0 Å². The van der Waals surface area contributed by atoms with E-state index in [1.165, 1.54) is 22.7 Å². The van der Waals surface area contributed by atoms with Crippen molar-refractivity contribution in [2.24, 2.45) is 0 Å². The highest BCUT2D eigenvalue weighted by atomic mass is 32.1. The monoisotopic (exact) mass is 325 g/mol. The van der Waals surface area contributed by atoms with Gasteiger partial charge in [-0.2, -0.15) is 0 Å². The number of nitrogens with zero attached hydrogens (tertiary/aromatic N) is 1. The van der Waals surface area contributed by atoms with Gasteiger partial charge in [-0.1, -0.05) is 0 Å². The maximum absolute atomic E-state index is 11.8. The molecule has 2 aromatic rings. The van der Waals surface area contributed by atoms with Crippen molar-refractivity contribution in [1.29, 1.82) is 0 Å². The topological polar surface area (TPSA) is 91.3 Å². The van der Waals surface area contributed by atoms with E-state index < -0.39 is 12.0 Å². The molecule has 2 heterocycles. The molecule has 0 spiro atoms. The minimum Gasteiger partial charge on any atom is -0.478 e. The predicted molar refractivity (Wildman–Crippen MR) is 83.6 cm³/mol. The Bertz CT molecular complexity index is 650. The molecular formula is C13H15N3O3S2. The molecule has 21 heavy (non-hydrogen) atoms. The fourth-order valence-corrected chi connectivity index (χ4v) is 3.43. The van der Waals surface area contributed by atoms with Gasteiger partial charge in [0.25, 0.3) is 0 Å². The molecule has 0 aliphatic heterocycles. The van der Waals surface area contributed by atoms with Crippen LogP contribution >= 0.6 is 22.7 Å². The largest absolute Gasteiger partial charge is 0.478 e. The van der Waals surface area contributed by atoms with Crippen LogP contribution in [0.15, 0.2) is 10.9 Å². The number of aromatic nitrogens is 1. The summed E-state index contributed by atoms with van der Waals surface area (Å²) >= 11 is 2.77. The number of hydrogen-bond donors (Lipinski definition) is 3. The lowest BCUT2D eigenvalue weighted by Crippen LogP contribution is -2.30.